The minimum Gasteiger partial charge on any atom is -0.326 e. The van der Waals surface area contributed by atoms with Crippen LogP contribution in [0.3, 0.4) is 0 Å². The Bertz CT molecular complexity index is 801. The van der Waals surface area contributed by atoms with Crippen LogP contribution < -0.4 is 10.7 Å². The summed E-state index contributed by atoms with van der Waals surface area (Å²) in [6.45, 7) is 2.86. The van der Waals surface area contributed by atoms with Crippen LogP contribution in [0.4, 0.5) is 5.69 Å². The van der Waals surface area contributed by atoms with Crippen molar-refractivity contribution >= 4 is 44.9 Å². The topological polar surface area (TPSA) is 54.0 Å². The molecule has 4 nitrogen and oxygen atoms in total. The smallest absolute Gasteiger partial charge is 0.154 e. The Morgan fingerprint density at radius 3 is 2.83 bits per heavy atom. The second kappa shape index (κ2) is 6.72. The minimum atomic E-state index is 0.589. The summed E-state index contributed by atoms with van der Waals surface area (Å²) in [5, 5.41) is 4.51. The highest BCUT2D eigenvalue weighted by molar-refractivity contribution is 9.10. The average molecular weight is 392 g/mol. The van der Waals surface area contributed by atoms with Crippen LogP contribution in [-0.4, -0.2) is 18.2 Å². The molecule has 118 valence electrons. The van der Waals surface area contributed by atoms with Gasteiger partial charge in [-0.2, -0.15) is 5.10 Å². The molecule has 0 atom stereocenters. The Morgan fingerprint density at radius 2 is 2.13 bits per heavy atom. The van der Waals surface area contributed by atoms with E-state index in [1.807, 2.05) is 30.3 Å². The molecule has 23 heavy (non-hydrogen) atoms. The lowest BCUT2D eigenvalue weighted by molar-refractivity contribution is 1.04. The Labute approximate surface area is 148 Å². The van der Waals surface area contributed by atoms with Crippen LogP contribution in [0.5, 0.6) is 0 Å². The standard InChI is InChI=1S/C17H16BrClN4/c1-2-23(14-5-3-4-12(18)10-14)17-15-7-6-13(19)8-11(15)9-16(21-17)22-20/h3-8,10H,2,9,20H2,1H3/b22-16+. The van der Waals surface area contributed by atoms with E-state index in [4.69, 9.17) is 17.4 Å². The molecule has 0 fully saturated rings. The molecule has 2 aromatic carbocycles. The van der Waals surface area contributed by atoms with E-state index in [-0.39, 0.29) is 0 Å². The molecular weight excluding hydrogens is 376 g/mol. The monoisotopic (exact) mass is 390 g/mol. The van der Waals surface area contributed by atoms with E-state index in [2.05, 4.69) is 50.0 Å². The van der Waals surface area contributed by atoms with Crippen molar-refractivity contribution in [3.63, 3.8) is 0 Å². The van der Waals surface area contributed by atoms with Crippen LogP contribution in [0, 0.1) is 0 Å². The molecular formula is C17H16BrClN4. The maximum absolute atomic E-state index is 6.14. The molecule has 3 rings (SSSR count). The number of fused-ring (bicyclic) bond motifs is 1. The van der Waals surface area contributed by atoms with Crippen molar-refractivity contribution in [1.82, 2.24) is 0 Å². The SMILES string of the molecule is CCN(C1=N/C(=N/N)Cc2cc(Cl)ccc21)c1cccc(Br)c1. The van der Waals surface area contributed by atoms with Gasteiger partial charge in [-0.1, -0.05) is 33.6 Å². The van der Waals surface area contributed by atoms with Gasteiger partial charge < -0.3 is 10.7 Å². The Kier molecular flexibility index (Phi) is 4.68. The van der Waals surface area contributed by atoms with Crippen molar-refractivity contribution in [1.29, 1.82) is 0 Å². The number of hydrazone groups is 1. The van der Waals surface area contributed by atoms with Crippen molar-refractivity contribution in [2.45, 2.75) is 13.3 Å². The van der Waals surface area contributed by atoms with E-state index >= 15 is 0 Å². The van der Waals surface area contributed by atoms with Crippen molar-refractivity contribution in [3.05, 3.63) is 63.1 Å². The molecule has 0 aliphatic carbocycles. The summed E-state index contributed by atoms with van der Waals surface area (Å²) in [7, 11) is 0. The predicted octanol–water partition coefficient (Wildman–Crippen LogP) is 4.20. The number of aliphatic imine (C=N–C) groups is 1. The number of amidine groups is 2. The van der Waals surface area contributed by atoms with E-state index in [9.17, 15) is 0 Å². The first-order chi connectivity index (χ1) is 11.1. The van der Waals surface area contributed by atoms with Crippen molar-refractivity contribution in [2.24, 2.45) is 15.9 Å². The highest BCUT2D eigenvalue weighted by Gasteiger charge is 2.23. The molecule has 0 bridgehead atoms. The van der Waals surface area contributed by atoms with E-state index in [0.29, 0.717) is 17.3 Å². The Balaban J connectivity index is 2.13. The van der Waals surface area contributed by atoms with Gasteiger partial charge in [0.15, 0.2) is 5.84 Å². The fourth-order valence-electron chi connectivity index (χ4n) is 2.70. The van der Waals surface area contributed by atoms with E-state index in [0.717, 1.165) is 33.7 Å². The molecule has 0 unspecified atom stereocenters. The first-order valence-electron chi connectivity index (χ1n) is 7.29. The summed E-state index contributed by atoms with van der Waals surface area (Å²) in [5.41, 5.74) is 3.20. The number of benzene rings is 2. The molecule has 0 saturated heterocycles. The lowest BCUT2D eigenvalue weighted by Crippen LogP contribution is -2.35. The third-order valence-electron chi connectivity index (χ3n) is 3.73. The van der Waals surface area contributed by atoms with Gasteiger partial charge in [-0.15, -0.1) is 0 Å². The Hall–Kier alpha value is -1.85. The highest BCUT2D eigenvalue weighted by atomic mass is 79.9. The molecule has 1 aliphatic heterocycles. The molecule has 0 saturated carbocycles. The molecule has 2 aromatic rings. The molecule has 2 N–H and O–H groups in total. The van der Waals surface area contributed by atoms with E-state index in [1.54, 1.807) is 0 Å². The fraction of sp³-hybridized carbons (Fsp3) is 0.176. The van der Waals surface area contributed by atoms with Crippen LogP contribution in [0.15, 0.2) is 57.0 Å². The molecule has 0 radical (unpaired) electrons. The maximum atomic E-state index is 6.14. The summed E-state index contributed by atoms with van der Waals surface area (Å²) in [5.74, 6) is 6.93. The van der Waals surface area contributed by atoms with Crippen LogP contribution in [-0.2, 0) is 6.42 Å². The largest absolute Gasteiger partial charge is 0.326 e. The van der Waals surface area contributed by atoms with Crippen molar-refractivity contribution in [3.8, 4) is 0 Å². The lowest BCUT2D eigenvalue weighted by atomic mass is 9.99. The van der Waals surface area contributed by atoms with Gasteiger partial charge in [0.05, 0.1) is 0 Å². The third kappa shape index (κ3) is 3.26. The van der Waals surface area contributed by atoms with Crippen LogP contribution in [0.25, 0.3) is 0 Å². The number of halogens is 2. The quantitative estimate of drug-likeness (QED) is 0.616. The minimum absolute atomic E-state index is 0.589. The van der Waals surface area contributed by atoms with Gasteiger partial charge in [-0.25, -0.2) is 4.99 Å². The zero-order valence-corrected chi connectivity index (χ0v) is 15.0. The summed E-state index contributed by atoms with van der Waals surface area (Å²) >= 11 is 9.66. The summed E-state index contributed by atoms with van der Waals surface area (Å²) < 4.78 is 1.02. The van der Waals surface area contributed by atoms with Gasteiger partial charge in [0, 0.05) is 33.7 Å². The van der Waals surface area contributed by atoms with E-state index in [1.165, 1.54) is 0 Å². The first kappa shape index (κ1) is 16.0. The lowest BCUT2D eigenvalue weighted by Gasteiger charge is -2.29. The van der Waals surface area contributed by atoms with Gasteiger partial charge in [-0.05, 0) is 48.9 Å². The summed E-state index contributed by atoms with van der Waals surface area (Å²) in [4.78, 5) is 6.80. The second-order valence-electron chi connectivity index (χ2n) is 5.18. The maximum Gasteiger partial charge on any atom is 0.154 e. The van der Waals surface area contributed by atoms with Gasteiger partial charge in [-0.3, -0.25) is 0 Å². The highest BCUT2D eigenvalue weighted by Crippen LogP contribution is 2.27. The Morgan fingerprint density at radius 1 is 1.30 bits per heavy atom. The second-order valence-corrected chi connectivity index (χ2v) is 6.54. The summed E-state index contributed by atoms with van der Waals surface area (Å²) in [6.07, 6.45) is 0.589. The van der Waals surface area contributed by atoms with Crippen LogP contribution in [0.1, 0.15) is 18.1 Å². The molecule has 0 amide bonds. The van der Waals surface area contributed by atoms with Crippen molar-refractivity contribution < 1.29 is 0 Å². The van der Waals surface area contributed by atoms with Gasteiger partial charge in [0.25, 0.3) is 0 Å². The predicted molar refractivity (Wildman–Crippen MR) is 100 cm³/mol. The van der Waals surface area contributed by atoms with Crippen LogP contribution in [0.2, 0.25) is 5.02 Å². The number of anilines is 1. The molecule has 1 aliphatic rings. The first-order valence-corrected chi connectivity index (χ1v) is 8.47. The summed E-state index contributed by atoms with van der Waals surface area (Å²) in [6, 6.07) is 14.0. The molecule has 0 spiro atoms. The van der Waals surface area contributed by atoms with Crippen LogP contribution >= 0.6 is 27.5 Å². The van der Waals surface area contributed by atoms with Gasteiger partial charge in [0.2, 0.25) is 0 Å². The van der Waals surface area contributed by atoms with Gasteiger partial charge >= 0.3 is 0 Å². The molecule has 1 heterocycles. The number of rotatable bonds is 2. The average Bonchev–Trinajstić information content (AvgIpc) is 2.55. The zero-order valence-electron chi connectivity index (χ0n) is 12.6. The third-order valence-corrected chi connectivity index (χ3v) is 4.46. The molecule has 6 heteroatoms. The number of hydrogen-bond acceptors (Lipinski definition) is 3. The fourth-order valence-corrected chi connectivity index (χ4v) is 3.28. The number of hydrogen-bond donors (Lipinski definition) is 1. The van der Waals surface area contributed by atoms with Gasteiger partial charge in [0.1, 0.15) is 5.84 Å². The molecule has 0 aromatic heterocycles. The zero-order chi connectivity index (χ0) is 16.4. The van der Waals surface area contributed by atoms with E-state index < -0.39 is 0 Å². The number of nitrogens with two attached hydrogens (primary N) is 1. The number of nitrogens with zero attached hydrogens (tertiary/aromatic N) is 3. The normalized spacial score (nSPS) is 15.3. The van der Waals surface area contributed by atoms with Crippen molar-refractivity contribution in [2.75, 3.05) is 11.4 Å².